The second-order valence-electron chi connectivity index (χ2n) is 5.04. The highest BCUT2D eigenvalue weighted by Gasteiger charge is 2.12. The average Bonchev–Trinajstić information content (AvgIpc) is 2.59. The minimum atomic E-state index is -3.66. The molecule has 0 amide bonds. The third-order valence-electron chi connectivity index (χ3n) is 3.19. The third kappa shape index (κ3) is 5.10. The summed E-state index contributed by atoms with van der Waals surface area (Å²) < 4.78 is 29.8. The van der Waals surface area contributed by atoms with Gasteiger partial charge in [-0.15, -0.1) is 0 Å². The van der Waals surface area contributed by atoms with E-state index < -0.39 is 10.0 Å². The molecule has 2 aromatic rings. The van der Waals surface area contributed by atoms with Gasteiger partial charge in [0.1, 0.15) is 12.4 Å². The van der Waals surface area contributed by atoms with Crippen molar-refractivity contribution in [3.05, 3.63) is 60.2 Å². The number of nitrogens with zero attached hydrogens (tertiary/aromatic N) is 1. The van der Waals surface area contributed by atoms with Gasteiger partial charge in [-0.25, -0.2) is 4.83 Å². The van der Waals surface area contributed by atoms with Crippen LogP contribution >= 0.6 is 0 Å². The van der Waals surface area contributed by atoms with Gasteiger partial charge in [-0.3, -0.25) is 0 Å². The van der Waals surface area contributed by atoms with Crippen molar-refractivity contribution < 1.29 is 13.2 Å². The molecular weight excluding hydrogens is 312 g/mol. The van der Waals surface area contributed by atoms with E-state index in [0.29, 0.717) is 11.5 Å². The SMILES string of the molecule is CCc1ccc(S(=O)(=O)NN=C(C)COc2ccccc2)cc1. The van der Waals surface area contributed by atoms with Crippen molar-refractivity contribution in [1.29, 1.82) is 0 Å². The summed E-state index contributed by atoms with van der Waals surface area (Å²) in [6.07, 6.45) is 0.863. The van der Waals surface area contributed by atoms with E-state index in [1.54, 1.807) is 31.2 Å². The van der Waals surface area contributed by atoms with Crippen molar-refractivity contribution >= 4 is 15.7 Å². The van der Waals surface area contributed by atoms with Gasteiger partial charge in [0.05, 0.1) is 10.6 Å². The standard InChI is InChI=1S/C17H20N2O3S/c1-3-15-9-11-17(12-10-15)23(20,21)19-18-14(2)13-22-16-7-5-4-6-8-16/h4-12,19H,3,13H2,1-2H3. The van der Waals surface area contributed by atoms with Crippen LogP contribution < -0.4 is 9.57 Å². The van der Waals surface area contributed by atoms with E-state index in [2.05, 4.69) is 9.93 Å². The molecule has 122 valence electrons. The van der Waals surface area contributed by atoms with Gasteiger partial charge in [0.15, 0.2) is 0 Å². The number of hydrogen-bond donors (Lipinski definition) is 1. The normalized spacial score (nSPS) is 12.0. The van der Waals surface area contributed by atoms with E-state index in [4.69, 9.17) is 4.74 Å². The van der Waals surface area contributed by atoms with Gasteiger partial charge in [0, 0.05) is 0 Å². The minimum absolute atomic E-state index is 0.190. The highest BCUT2D eigenvalue weighted by molar-refractivity contribution is 7.89. The van der Waals surface area contributed by atoms with Crippen molar-refractivity contribution in [2.45, 2.75) is 25.2 Å². The fraction of sp³-hybridized carbons (Fsp3) is 0.235. The molecule has 0 spiro atoms. The van der Waals surface area contributed by atoms with Crippen LogP contribution in [0.5, 0.6) is 5.75 Å². The van der Waals surface area contributed by atoms with Gasteiger partial charge in [0.2, 0.25) is 0 Å². The molecule has 6 heteroatoms. The quantitative estimate of drug-likeness (QED) is 0.626. The highest BCUT2D eigenvalue weighted by Crippen LogP contribution is 2.11. The zero-order chi connectivity index (χ0) is 16.7. The van der Waals surface area contributed by atoms with Gasteiger partial charge in [0.25, 0.3) is 10.0 Å². The zero-order valence-electron chi connectivity index (χ0n) is 13.2. The molecule has 0 aliphatic carbocycles. The molecule has 0 heterocycles. The number of sulfonamides is 1. The Balaban J connectivity index is 1.96. The number of benzene rings is 2. The van der Waals surface area contributed by atoms with E-state index in [9.17, 15) is 8.42 Å². The summed E-state index contributed by atoms with van der Waals surface area (Å²) in [5, 5.41) is 3.88. The molecule has 0 atom stereocenters. The first-order valence-corrected chi connectivity index (χ1v) is 8.81. The first kappa shape index (κ1) is 17.0. The summed E-state index contributed by atoms with van der Waals surface area (Å²) in [6.45, 7) is 3.93. The lowest BCUT2D eigenvalue weighted by Crippen LogP contribution is -2.21. The molecule has 5 nitrogen and oxygen atoms in total. The molecule has 0 bridgehead atoms. The Bertz CT molecular complexity index is 754. The maximum Gasteiger partial charge on any atom is 0.276 e. The summed E-state index contributed by atoms with van der Waals surface area (Å²) >= 11 is 0. The molecule has 2 rings (SSSR count). The van der Waals surface area contributed by atoms with E-state index in [-0.39, 0.29) is 11.5 Å². The van der Waals surface area contributed by atoms with E-state index >= 15 is 0 Å². The summed E-state index contributed by atoms with van der Waals surface area (Å²) in [6, 6.07) is 16.0. The van der Waals surface area contributed by atoms with Crippen molar-refractivity contribution in [2.24, 2.45) is 5.10 Å². The molecule has 0 radical (unpaired) electrons. The van der Waals surface area contributed by atoms with Crippen LogP contribution in [0.2, 0.25) is 0 Å². The maximum absolute atomic E-state index is 12.2. The molecule has 0 aliphatic heterocycles. The number of ether oxygens (including phenoxy) is 1. The van der Waals surface area contributed by atoms with Gasteiger partial charge in [-0.1, -0.05) is 37.3 Å². The summed E-state index contributed by atoms with van der Waals surface area (Å²) in [4.78, 5) is 2.42. The minimum Gasteiger partial charge on any atom is -0.488 e. The lowest BCUT2D eigenvalue weighted by molar-refractivity contribution is 0.375. The van der Waals surface area contributed by atoms with Crippen LogP contribution in [0, 0.1) is 0 Å². The molecule has 23 heavy (non-hydrogen) atoms. The third-order valence-corrected chi connectivity index (χ3v) is 4.41. The molecule has 0 unspecified atom stereocenters. The number of rotatable bonds is 7. The fourth-order valence-corrected chi connectivity index (χ4v) is 2.71. The van der Waals surface area contributed by atoms with Crippen molar-refractivity contribution in [3.8, 4) is 5.75 Å². The molecule has 0 aliphatic rings. The molecule has 1 N–H and O–H groups in total. The molecule has 0 fully saturated rings. The van der Waals surface area contributed by atoms with Crippen LogP contribution in [0.3, 0.4) is 0 Å². The largest absolute Gasteiger partial charge is 0.488 e. The number of hydrogen-bond acceptors (Lipinski definition) is 4. The molecule has 2 aromatic carbocycles. The number of hydrazone groups is 1. The van der Waals surface area contributed by atoms with E-state index in [1.807, 2.05) is 37.3 Å². The average molecular weight is 332 g/mol. The molecular formula is C17H20N2O3S. The predicted octanol–water partition coefficient (Wildman–Crippen LogP) is 2.98. The Morgan fingerprint density at radius 2 is 1.74 bits per heavy atom. The van der Waals surface area contributed by atoms with Crippen molar-refractivity contribution in [1.82, 2.24) is 4.83 Å². The first-order valence-electron chi connectivity index (χ1n) is 7.33. The van der Waals surface area contributed by atoms with Crippen molar-refractivity contribution in [3.63, 3.8) is 0 Å². The van der Waals surface area contributed by atoms with Crippen LogP contribution in [0.1, 0.15) is 19.4 Å². The Morgan fingerprint density at radius 1 is 1.09 bits per heavy atom. The lowest BCUT2D eigenvalue weighted by Gasteiger charge is -2.07. The Kier molecular flexibility index (Phi) is 5.76. The van der Waals surface area contributed by atoms with E-state index in [0.717, 1.165) is 12.0 Å². The summed E-state index contributed by atoms with van der Waals surface area (Å²) in [7, 11) is -3.66. The van der Waals surface area contributed by atoms with Gasteiger partial charge in [-0.05, 0) is 43.2 Å². The van der Waals surface area contributed by atoms with Crippen LogP contribution in [0.25, 0.3) is 0 Å². The monoisotopic (exact) mass is 332 g/mol. The Morgan fingerprint density at radius 3 is 2.35 bits per heavy atom. The van der Waals surface area contributed by atoms with E-state index in [1.165, 1.54) is 0 Å². The van der Waals surface area contributed by atoms with Crippen LogP contribution in [-0.4, -0.2) is 20.7 Å². The maximum atomic E-state index is 12.2. The topological polar surface area (TPSA) is 67.8 Å². The summed E-state index contributed by atoms with van der Waals surface area (Å²) in [5.74, 6) is 0.708. The zero-order valence-corrected chi connectivity index (χ0v) is 14.0. The summed E-state index contributed by atoms with van der Waals surface area (Å²) in [5.41, 5.74) is 1.61. The predicted molar refractivity (Wildman–Crippen MR) is 91.2 cm³/mol. The number of para-hydroxylation sites is 1. The number of nitrogens with one attached hydrogen (secondary N) is 1. The molecule has 0 saturated carbocycles. The Labute approximate surface area is 137 Å². The fourth-order valence-electron chi connectivity index (χ4n) is 1.83. The van der Waals surface area contributed by atoms with Gasteiger partial charge < -0.3 is 4.74 Å². The number of aryl methyl sites for hydroxylation is 1. The Hall–Kier alpha value is -2.34. The molecule has 0 saturated heterocycles. The second kappa shape index (κ2) is 7.78. The van der Waals surface area contributed by atoms with Gasteiger partial charge in [-0.2, -0.15) is 13.5 Å². The van der Waals surface area contributed by atoms with Crippen LogP contribution in [-0.2, 0) is 16.4 Å². The van der Waals surface area contributed by atoms with Gasteiger partial charge >= 0.3 is 0 Å². The van der Waals surface area contributed by atoms with Crippen molar-refractivity contribution in [2.75, 3.05) is 6.61 Å². The van der Waals surface area contributed by atoms with Crippen LogP contribution in [0.4, 0.5) is 0 Å². The highest BCUT2D eigenvalue weighted by atomic mass is 32.2. The van der Waals surface area contributed by atoms with Crippen LogP contribution in [0.15, 0.2) is 64.6 Å². The second-order valence-corrected chi connectivity index (χ2v) is 6.70. The lowest BCUT2D eigenvalue weighted by atomic mass is 10.2. The smallest absolute Gasteiger partial charge is 0.276 e. The molecule has 0 aromatic heterocycles. The first-order chi connectivity index (χ1) is 11.0.